The highest BCUT2D eigenvalue weighted by Crippen LogP contribution is 2.30. The number of halogens is 1. The molecule has 0 aliphatic carbocycles. The van der Waals surface area contributed by atoms with Gasteiger partial charge in [-0.15, -0.1) is 11.6 Å². The number of nitrogens with zero attached hydrogens (tertiary/aromatic N) is 1. The molecule has 0 bridgehead atoms. The summed E-state index contributed by atoms with van der Waals surface area (Å²) in [5, 5.41) is 0. The van der Waals surface area contributed by atoms with E-state index in [0.29, 0.717) is 0 Å². The minimum atomic E-state index is -0.690. The number of carbonyl (C=O) groups excluding carboxylic acids is 2. The first-order chi connectivity index (χ1) is 9.84. The minimum absolute atomic E-state index is 0.176. The van der Waals surface area contributed by atoms with Crippen molar-refractivity contribution >= 4 is 29.2 Å². The zero-order valence-electron chi connectivity index (χ0n) is 13.2. The molecule has 0 saturated carbocycles. The molecular formula is C16H22ClNO3. The maximum atomic E-state index is 12.5. The van der Waals surface area contributed by atoms with Gasteiger partial charge in [-0.2, -0.15) is 0 Å². The lowest BCUT2D eigenvalue weighted by molar-refractivity contribution is -0.143. The molecule has 0 radical (unpaired) electrons. The minimum Gasteiger partial charge on any atom is -0.467 e. The molecule has 1 rings (SSSR count). The molecule has 0 heterocycles. The Morgan fingerprint density at radius 2 is 1.81 bits per heavy atom. The van der Waals surface area contributed by atoms with Gasteiger partial charge in [0.05, 0.1) is 12.8 Å². The Balaban J connectivity index is 3.41. The van der Waals surface area contributed by atoms with Crippen molar-refractivity contribution in [3.63, 3.8) is 0 Å². The fraction of sp³-hybridized carbons (Fsp3) is 0.500. The van der Waals surface area contributed by atoms with Gasteiger partial charge in [-0.05, 0) is 44.4 Å². The Kier molecular flexibility index (Phi) is 6.21. The molecule has 1 aromatic carbocycles. The Morgan fingerprint density at radius 1 is 1.24 bits per heavy atom. The van der Waals surface area contributed by atoms with Crippen molar-refractivity contribution in [1.29, 1.82) is 0 Å². The summed E-state index contributed by atoms with van der Waals surface area (Å²) in [4.78, 5) is 25.9. The molecule has 0 aromatic heterocycles. The quantitative estimate of drug-likeness (QED) is 0.620. The number of rotatable bonds is 5. The molecular weight excluding hydrogens is 290 g/mol. The lowest BCUT2D eigenvalue weighted by Gasteiger charge is -2.31. The third-order valence-electron chi connectivity index (χ3n) is 3.65. The van der Waals surface area contributed by atoms with Gasteiger partial charge in [0, 0.05) is 12.3 Å². The molecule has 1 aromatic rings. The van der Waals surface area contributed by atoms with E-state index in [9.17, 15) is 9.59 Å². The van der Waals surface area contributed by atoms with Crippen LogP contribution in [0.15, 0.2) is 12.1 Å². The number of esters is 1. The third kappa shape index (κ3) is 3.76. The fourth-order valence-corrected chi connectivity index (χ4v) is 2.48. The van der Waals surface area contributed by atoms with Crippen LogP contribution in [0, 0.1) is 20.8 Å². The average molecular weight is 312 g/mol. The molecule has 116 valence electrons. The number of aryl methyl sites for hydroxylation is 2. The smallest absolute Gasteiger partial charge is 0.328 e. The van der Waals surface area contributed by atoms with E-state index in [1.165, 1.54) is 12.0 Å². The van der Waals surface area contributed by atoms with E-state index in [1.807, 2.05) is 32.9 Å². The van der Waals surface area contributed by atoms with E-state index in [-0.39, 0.29) is 18.2 Å². The standard InChI is InChI=1S/C16H22ClNO3/c1-10-6-7-11(2)15(12(10)3)18(14(19)8-9-17)13(4)16(20)21-5/h6-7,13H,8-9H2,1-5H3. The van der Waals surface area contributed by atoms with E-state index < -0.39 is 12.0 Å². The van der Waals surface area contributed by atoms with E-state index in [0.717, 1.165) is 22.4 Å². The SMILES string of the molecule is COC(=O)C(C)N(C(=O)CCCl)c1c(C)ccc(C)c1C. The van der Waals surface area contributed by atoms with E-state index >= 15 is 0 Å². The highest BCUT2D eigenvalue weighted by molar-refractivity contribution is 6.19. The first-order valence-corrected chi connectivity index (χ1v) is 7.41. The Labute approximate surface area is 131 Å². The van der Waals surface area contributed by atoms with Gasteiger partial charge in [-0.3, -0.25) is 9.69 Å². The predicted octanol–water partition coefficient (Wildman–Crippen LogP) is 3.14. The second kappa shape index (κ2) is 7.46. The van der Waals surface area contributed by atoms with Gasteiger partial charge in [0.15, 0.2) is 0 Å². The van der Waals surface area contributed by atoms with Gasteiger partial charge in [-0.1, -0.05) is 12.1 Å². The Hall–Kier alpha value is -1.55. The predicted molar refractivity (Wildman–Crippen MR) is 85.0 cm³/mol. The number of ether oxygens (including phenoxy) is 1. The van der Waals surface area contributed by atoms with Crippen LogP contribution in [-0.4, -0.2) is 30.9 Å². The second-order valence-corrected chi connectivity index (χ2v) is 5.45. The highest BCUT2D eigenvalue weighted by atomic mass is 35.5. The monoisotopic (exact) mass is 311 g/mol. The number of hydrogen-bond donors (Lipinski definition) is 0. The van der Waals surface area contributed by atoms with Crippen LogP contribution in [-0.2, 0) is 14.3 Å². The zero-order valence-corrected chi connectivity index (χ0v) is 14.0. The number of hydrogen-bond acceptors (Lipinski definition) is 3. The third-order valence-corrected chi connectivity index (χ3v) is 3.84. The van der Waals surface area contributed by atoms with Crippen LogP contribution in [0.5, 0.6) is 0 Å². The summed E-state index contributed by atoms with van der Waals surface area (Å²) in [6.45, 7) is 7.51. The van der Waals surface area contributed by atoms with Gasteiger partial charge >= 0.3 is 5.97 Å². The largest absolute Gasteiger partial charge is 0.467 e. The van der Waals surface area contributed by atoms with Gasteiger partial charge in [0.2, 0.25) is 5.91 Å². The summed E-state index contributed by atoms with van der Waals surface area (Å²) < 4.78 is 4.79. The summed E-state index contributed by atoms with van der Waals surface area (Å²) in [5.74, 6) is -0.412. The molecule has 1 amide bonds. The summed E-state index contributed by atoms with van der Waals surface area (Å²) in [6, 6.07) is 3.26. The van der Waals surface area contributed by atoms with Crippen LogP contribution in [0.25, 0.3) is 0 Å². The van der Waals surface area contributed by atoms with Crippen molar-refractivity contribution in [3.8, 4) is 0 Å². The first kappa shape index (κ1) is 17.5. The van der Waals surface area contributed by atoms with Crippen LogP contribution in [0.3, 0.4) is 0 Å². The molecule has 21 heavy (non-hydrogen) atoms. The molecule has 0 fully saturated rings. The van der Waals surface area contributed by atoms with E-state index in [1.54, 1.807) is 6.92 Å². The van der Waals surface area contributed by atoms with Gasteiger partial charge in [-0.25, -0.2) is 4.79 Å². The Bertz CT molecular complexity index is 543. The number of methoxy groups -OCH3 is 1. The van der Waals surface area contributed by atoms with Crippen molar-refractivity contribution in [2.45, 2.75) is 40.2 Å². The molecule has 0 aliphatic heterocycles. The lowest BCUT2D eigenvalue weighted by Crippen LogP contribution is -2.45. The van der Waals surface area contributed by atoms with E-state index in [4.69, 9.17) is 16.3 Å². The van der Waals surface area contributed by atoms with Gasteiger partial charge in [0.25, 0.3) is 0 Å². The maximum absolute atomic E-state index is 12.5. The molecule has 0 aliphatic rings. The molecule has 5 heteroatoms. The molecule has 0 spiro atoms. The average Bonchev–Trinajstić information content (AvgIpc) is 2.46. The number of alkyl halides is 1. The fourth-order valence-electron chi connectivity index (χ4n) is 2.32. The van der Waals surface area contributed by atoms with Crippen LogP contribution >= 0.6 is 11.6 Å². The van der Waals surface area contributed by atoms with Crippen LogP contribution < -0.4 is 4.90 Å². The molecule has 1 unspecified atom stereocenters. The highest BCUT2D eigenvalue weighted by Gasteiger charge is 2.30. The number of benzene rings is 1. The van der Waals surface area contributed by atoms with E-state index in [2.05, 4.69) is 0 Å². The topological polar surface area (TPSA) is 46.6 Å². The van der Waals surface area contributed by atoms with Crippen molar-refractivity contribution in [2.75, 3.05) is 17.9 Å². The number of anilines is 1. The normalized spacial score (nSPS) is 11.9. The Morgan fingerprint density at radius 3 is 2.33 bits per heavy atom. The summed E-state index contributed by atoms with van der Waals surface area (Å²) >= 11 is 5.69. The van der Waals surface area contributed by atoms with Crippen molar-refractivity contribution in [2.24, 2.45) is 0 Å². The number of amides is 1. The van der Waals surface area contributed by atoms with Crippen LogP contribution in [0.1, 0.15) is 30.0 Å². The molecule has 1 atom stereocenters. The van der Waals surface area contributed by atoms with Crippen LogP contribution in [0.4, 0.5) is 5.69 Å². The van der Waals surface area contributed by atoms with Gasteiger partial charge in [0.1, 0.15) is 6.04 Å². The number of carbonyl (C=O) groups is 2. The molecule has 0 N–H and O–H groups in total. The van der Waals surface area contributed by atoms with Crippen molar-refractivity contribution in [1.82, 2.24) is 0 Å². The van der Waals surface area contributed by atoms with Crippen LogP contribution in [0.2, 0.25) is 0 Å². The second-order valence-electron chi connectivity index (χ2n) is 5.07. The molecule has 4 nitrogen and oxygen atoms in total. The van der Waals surface area contributed by atoms with Crippen molar-refractivity contribution < 1.29 is 14.3 Å². The summed E-state index contributed by atoms with van der Waals surface area (Å²) in [7, 11) is 1.32. The van der Waals surface area contributed by atoms with Gasteiger partial charge < -0.3 is 4.74 Å². The maximum Gasteiger partial charge on any atom is 0.328 e. The van der Waals surface area contributed by atoms with Crippen molar-refractivity contribution in [3.05, 3.63) is 28.8 Å². The molecule has 0 saturated heterocycles. The first-order valence-electron chi connectivity index (χ1n) is 6.87. The lowest BCUT2D eigenvalue weighted by atomic mass is 10.0. The summed E-state index contributed by atoms with van der Waals surface area (Å²) in [6.07, 6.45) is 0.176. The zero-order chi connectivity index (χ0) is 16.2. The summed E-state index contributed by atoms with van der Waals surface area (Å²) in [5.41, 5.74) is 3.75.